The van der Waals surface area contributed by atoms with Crippen LogP contribution in [0.15, 0.2) is 12.1 Å². The summed E-state index contributed by atoms with van der Waals surface area (Å²) in [6.07, 6.45) is 1.97. The molecule has 92 valence electrons. The highest BCUT2D eigenvalue weighted by atomic mass is 16.6. The Labute approximate surface area is 99.7 Å². The first-order valence-corrected chi connectivity index (χ1v) is 5.59. The number of nitrogens with zero attached hydrogens (tertiary/aromatic N) is 1. The molecule has 5 heteroatoms. The van der Waals surface area contributed by atoms with E-state index in [-0.39, 0.29) is 16.1 Å². The highest BCUT2D eigenvalue weighted by Gasteiger charge is 2.39. The normalized spacial score (nSPS) is 16.6. The Kier molecular flexibility index (Phi) is 2.79. The second-order valence-electron chi connectivity index (χ2n) is 4.81. The van der Waals surface area contributed by atoms with Gasteiger partial charge in [-0.1, -0.05) is 0 Å². The predicted molar refractivity (Wildman–Crippen MR) is 64.2 cm³/mol. The molecule has 1 saturated carbocycles. The maximum Gasteiger partial charge on any atom is 0.272 e. The molecule has 1 aromatic carbocycles. The van der Waals surface area contributed by atoms with Crippen LogP contribution >= 0.6 is 0 Å². The molecule has 0 spiro atoms. The average Bonchev–Trinajstić information content (AvgIpc) is 2.97. The van der Waals surface area contributed by atoms with Crippen molar-refractivity contribution in [1.82, 2.24) is 0 Å². The van der Waals surface area contributed by atoms with E-state index >= 15 is 0 Å². The van der Waals surface area contributed by atoms with E-state index in [1.54, 1.807) is 26.0 Å². The molecule has 0 saturated heterocycles. The summed E-state index contributed by atoms with van der Waals surface area (Å²) in [5.41, 5.74) is 7.26. The number of hydrogen-bond acceptors (Lipinski definition) is 4. The molecule has 1 aliphatic carbocycles. The molecule has 0 amide bonds. The van der Waals surface area contributed by atoms with Gasteiger partial charge in [-0.3, -0.25) is 10.1 Å². The monoisotopic (exact) mass is 236 g/mol. The van der Waals surface area contributed by atoms with Gasteiger partial charge in [0.15, 0.2) is 0 Å². The molecule has 1 fully saturated rings. The first-order chi connectivity index (χ1) is 7.91. The molecular weight excluding hydrogens is 220 g/mol. The SMILES string of the molecule is Cc1cc([N+](=O)[O-])c(C)cc1OCC1(N)CC1. The highest BCUT2D eigenvalue weighted by molar-refractivity contribution is 5.49. The van der Waals surface area contributed by atoms with E-state index in [9.17, 15) is 10.1 Å². The van der Waals surface area contributed by atoms with Gasteiger partial charge in [0, 0.05) is 11.6 Å². The minimum absolute atomic E-state index is 0.128. The van der Waals surface area contributed by atoms with Gasteiger partial charge < -0.3 is 10.5 Å². The van der Waals surface area contributed by atoms with Crippen LogP contribution in [-0.2, 0) is 0 Å². The maximum absolute atomic E-state index is 10.8. The number of nitrogens with two attached hydrogens (primary N) is 1. The molecule has 1 aliphatic rings. The van der Waals surface area contributed by atoms with Crippen LogP contribution in [0.4, 0.5) is 5.69 Å². The summed E-state index contributed by atoms with van der Waals surface area (Å²) in [6.45, 7) is 3.99. The molecule has 0 aromatic heterocycles. The van der Waals surface area contributed by atoms with E-state index in [0.717, 1.165) is 18.4 Å². The lowest BCUT2D eigenvalue weighted by atomic mass is 10.1. The molecular formula is C12H16N2O3. The van der Waals surface area contributed by atoms with Crippen molar-refractivity contribution in [3.63, 3.8) is 0 Å². The van der Waals surface area contributed by atoms with Gasteiger partial charge >= 0.3 is 0 Å². The number of aryl methyl sites for hydroxylation is 2. The Morgan fingerprint density at radius 3 is 2.59 bits per heavy atom. The van der Waals surface area contributed by atoms with Gasteiger partial charge in [-0.15, -0.1) is 0 Å². The van der Waals surface area contributed by atoms with E-state index in [1.807, 2.05) is 0 Å². The van der Waals surface area contributed by atoms with Crippen LogP contribution in [0, 0.1) is 24.0 Å². The molecule has 17 heavy (non-hydrogen) atoms. The fraction of sp³-hybridized carbons (Fsp3) is 0.500. The van der Waals surface area contributed by atoms with Gasteiger partial charge in [-0.2, -0.15) is 0 Å². The minimum Gasteiger partial charge on any atom is -0.491 e. The van der Waals surface area contributed by atoms with Crippen LogP contribution in [0.1, 0.15) is 24.0 Å². The van der Waals surface area contributed by atoms with Crippen molar-refractivity contribution in [2.45, 2.75) is 32.2 Å². The Bertz CT molecular complexity index is 467. The standard InChI is InChI=1S/C12H16N2O3/c1-8-6-11(17-7-12(13)3-4-12)9(2)5-10(8)14(15)16/h5-6H,3-4,7,13H2,1-2H3. The Morgan fingerprint density at radius 1 is 1.41 bits per heavy atom. The second-order valence-corrected chi connectivity index (χ2v) is 4.81. The van der Waals surface area contributed by atoms with Crippen molar-refractivity contribution in [3.8, 4) is 5.75 Å². The largest absolute Gasteiger partial charge is 0.491 e. The number of benzene rings is 1. The molecule has 0 bridgehead atoms. The third-order valence-corrected chi connectivity index (χ3v) is 3.10. The van der Waals surface area contributed by atoms with E-state index in [0.29, 0.717) is 17.9 Å². The number of hydrogen-bond donors (Lipinski definition) is 1. The van der Waals surface area contributed by atoms with Crippen LogP contribution in [-0.4, -0.2) is 17.1 Å². The van der Waals surface area contributed by atoms with Gasteiger partial charge in [0.05, 0.1) is 10.5 Å². The van der Waals surface area contributed by atoms with Crippen LogP contribution in [0.25, 0.3) is 0 Å². The smallest absolute Gasteiger partial charge is 0.272 e. The zero-order valence-corrected chi connectivity index (χ0v) is 10.0. The lowest BCUT2D eigenvalue weighted by Gasteiger charge is -2.13. The van der Waals surface area contributed by atoms with Crippen LogP contribution in [0.5, 0.6) is 5.75 Å². The van der Waals surface area contributed by atoms with Gasteiger partial charge in [0.25, 0.3) is 5.69 Å². The van der Waals surface area contributed by atoms with Crippen LogP contribution < -0.4 is 10.5 Å². The summed E-state index contributed by atoms with van der Waals surface area (Å²) in [5.74, 6) is 0.685. The minimum atomic E-state index is -0.378. The van der Waals surface area contributed by atoms with E-state index < -0.39 is 0 Å². The molecule has 0 radical (unpaired) electrons. The van der Waals surface area contributed by atoms with E-state index in [2.05, 4.69) is 0 Å². The third kappa shape index (κ3) is 2.55. The van der Waals surface area contributed by atoms with Crippen LogP contribution in [0.3, 0.4) is 0 Å². The van der Waals surface area contributed by atoms with Gasteiger partial charge in [0.1, 0.15) is 12.4 Å². The van der Waals surface area contributed by atoms with Crippen molar-refractivity contribution < 1.29 is 9.66 Å². The van der Waals surface area contributed by atoms with Gasteiger partial charge in [0.2, 0.25) is 0 Å². The van der Waals surface area contributed by atoms with Gasteiger partial charge in [-0.05, 0) is 38.3 Å². The summed E-state index contributed by atoms with van der Waals surface area (Å²) in [6, 6.07) is 3.25. The zero-order valence-electron chi connectivity index (χ0n) is 10.0. The molecule has 0 unspecified atom stereocenters. The molecule has 5 nitrogen and oxygen atoms in total. The summed E-state index contributed by atoms with van der Waals surface area (Å²) in [5, 5.41) is 10.8. The van der Waals surface area contributed by atoms with E-state index in [4.69, 9.17) is 10.5 Å². The average molecular weight is 236 g/mol. The fourth-order valence-corrected chi connectivity index (χ4v) is 1.65. The number of nitro benzene ring substituents is 1. The second kappa shape index (κ2) is 4.00. The maximum atomic E-state index is 10.8. The molecule has 0 heterocycles. The summed E-state index contributed by atoms with van der Waals surface area (Å²) >= 11 is 0. The Balaban J connectivity index is 2.17. The third-order valence-electron chi connectivity index (χ3n) is 3.10. The topological polar surface area (TPSA) is 78.4 Å². The van der Waals surface area contributed by atoms with Crippen molar-refractivity contribution >= 4 is 5.69 Å². The molecule has 0 aliphatic heterocycles. The molecule has 0 atom stereocenters. The summed E-state index contributed by atoms with van der Waals surface area (Å²) in [7, 11) is 0. The van der Waals surface area contributed by atoms with Crippen molar-refractivity contribution in [2.75, 3.05) is 6.61 Å². The summed E-state index contributed by atoms with van der Waals surface area (Å²) in [4.78, 5) is 10.4. The quantitative estimate of drug-likeness (QED) is 0.641. The fourth-order valence-electron chi connectivity index (χ4n) is 1.65. The van der Waals surface area contributed by atoms with E-state index in [1.165, 1.54) is 0 Å². The lowest BCUT2D eigenvalue weighted by Crippen LogP contribution is -2.29. The van der Waals surface area contributed by atoms with Crippen molar-refractivity contribution in [1.29, 1.82) is 0 Å². The Morgan fingerprint density at radius 2 is 2.06 bits per heavy atom. The first-order valence-electron chi connectivity index (χ1n) is 5.59. The number of nitro groups is 1. The van der Waals surface area contributed by atoms with Crippen LogP contribution in [0.2, 0.25) is 0 Å². The highest BCUT2D eigenvalue weighted by Crippen LogP contribution is 2.34. The molecule has 2 N–H and O–H groups in total. The number of rotatable bonds is 4. The first kappa shape index (κ1) is 11.9. The Hall–Kier alpha value is -1.62. The predicted octanol–water partition coefficient (Wildman–Crippen LogP) is 2.08. The van der Waals surface area contributed by atoms with Crippen molar-refractivity contribution in [2.24, 2.45) is 5.73 Å². The molecule has 1 aromatic rings. The van der Waals surface area contributed by atoms with Crippen molar-refractivity contribution in [3.05, 3.63) is 33.4 Å². The van der Waals surface area contributed by atoms with Gasteiger partial charge in [-0.25, -0.2) is 0 Å². The summed E-state index contributed by atoms with van der Waals surface area (Å²) < 4.78 is 5.63. The number of ether oxygens (including phenoxy) is 1. The zero-order chi connectivity index (χ0) is 12.6. The molecule has 2 rings (SSSR count). The lowest BCUT2D eigenvalue weighted by molar-refractivity contribution is -0.385.